The Morgan fingerprint density at radius 1 is 1.41 bits per heavy atom. The fraction of sp³-hybridized carbons (Fsp3) is 0.786. The zero-order valence-corrected chi connectivity index (χ0v) is 11.0. The molecule has 0 radical (unpaired) electrons. The van der Waals surface area contributed by atoms with E-state index in [0.29, 0.717) is 0 Å². The van der Waals surface area contributed by atoms with Gasteiger partial charge in [0.1, 0.15) is 0 Å². The van der Waals surface area contributed by atoms with Gasteiger partial charge in [0.15, 0.2) is 0 Å². The highest BCUT2D eigenvalue weighted by atomic mass is 15.2. The van der Waals surface area contributed by atoms with Gasteiger partial charge in [-0.15, -0.1) is 0 Å². The van der Waals surface area contributed by atoms with Gasteiger partial charge in [-0.05, 0) is 18.8 Å². The molecule has 0 atom stereocenters. The number of anilines is 1. The van der Waals surface area contributed by atoms with Gasteiger partial charge in [-0.1, -0.05) is 39.0 Å². The Kier molecular flexibility index (Phi) is 4.89. The number of hydrogen-bond acceptors (Lipinski definition) is 2. The van der Waals surface area contributed by atoms with E-state index < -0.39 is 0 Å². The molecule has 1 aliphatic rings. The van der Waals surface area contributed by atoms with E-state index in [1.165, 1.54) is 44.9 Å². The fourth-order valence-electron chi connectivity index (χ4n) is 2.65. The van der Waals surface area contributed by atoms with Crippen molar-refractivity contribution in [2.24, 2.45) is 5.92 Å². The number of nitrogens with one attached hydrogen (secondary N) is 1. The molecule has 17 heavy (non-hydrogen) atoms. The third-order valence-electron chi connectivity index (χ3n) is 3.78. The molecule has 1 fully saturated rings. The van der Waals surface area contributed by atoms with Crippen LogP contribution in [0.2, 0.25) is 0 Å². The molecule has 0 aromatic carbocycles. The summed E-state index contributed by atoms with van der Waals surface area (Å²) >= 11 is 0. The summed E-state index contributed by atoms with van der Waals surface area (Å²) in [6.45, 7) is 4.38. The van der Waals surface area contributed by atoms with Crippen LogP contribution in [0.3, 0.4) is 0 Å². The molecule has 0 amide bonds. The quantitative estimate of drug-likeness (QED) is 0.731. The summed E-state index contributed by atoms with van der Waals surface area (Å²) in [4.78, 5) is 4.39. The largest absolute Gasteiger partial charge is 0.356 e. The minimum atomic E-state index is 0.959. The Balaban J connectivity index is 1.76. The van der Waals surface area contributed by atoms with E-state index in [4.69, 9.17) is 0 Å². The SMILES string of the molecule is CCCCNc1nccn1CCC1CCCC1. The van der Waals surface area contributed by atoms with E-state index in [-0.39, 0.29) is 0 Å². The first-order chi connectivity index (χ1) is 8.40. The highest BCUT2D eigenvalue weighted by Crippen LogP contribution is 2.28. The van der Waals surface area contributed by atoms with E-state index in [1.54, 1.807) is 0 Å². The molecule has 2 rings (SSSR count). The molecule has 1 N–H and O–H groups in total. The van der Waals surface area contributed by atoms with Crippen LogP contribution in [0.25, 0.3) is 0 Å². The number of aryl methyl sites for hydroxylation is 1. The second-order valence-electron chi connectivity index (χ2n) is 5.16. The maximum absolute atomic E-state index is 4.39. The summed E-state index contributed by atoms with van der Waals surface area (Å²) in [5.41, 5.74) is 0. The lowest BCUT2D eigenvalue weighted by molar-refractivity contribution is 0.459. The molecular formula is C14H25N3. The molecule has 1 heterocycles. The third-order valence-corrected chi connectivity index (χ3v) is 3.78. The van der Waals surface area contributed by atoms with Crippen molar-refractivity contribution >= 4 is 5.95 Å². The van der Waals surface area contributed by atoms with Crippen LogP contribution in [-0.2, 0) is 6.54 Å². The van der Waals surface area contributed by atoms with Crippen LogP contribution in [-0.4, -0.2) is 16.1 Å². The minimum Gasteiger partial charge on any atom is -0.356 e. The second kappa shape index (κ2) is 6.67. The Hall–Kier alpha value is -0.990. The van der Waals surface area contributed by atoms with Gasteiger partial charge in [0, 0.05) is 25.5 Å². The van der Waals surface area contributed by atoms with Crippen LogP contribution in [0, 0.1) is 5.92 Å². The van der Waals surface area contributed by atoms with Crippen LogP contribution < -0.4 is 5.32 Å². The Morgan fingerprint density at radius 2 is 2.24 bits per heavy atom. The standard InChI is InChI=1S/C14H25N3/c1-2-3-9-15-14-16-10-12-17(14)11-8-13-6-4-5-7-13/h10,12-13H,2-9,11H2,1H3,(H,15,16). The highest BCUT2D eigenvalue weighted by Gasteiger charge is 2.15. The van der Waals surface area contributed by atoms with Gasteiger partial charge in [-0.25, -0.2) is 4.98 Å². The molecule has 1 saturated carbocycles. The van der Waals surface area contributed by atoms with Crippen molar-refractivity contribution in [3.8, 4) is 0 Å². The molecule has 0 spiro atoms. The smallest absolute Gasteiger partial charge is 0.202 e. The Labute approximate surface area is 105 Å². The number of nitrogens with zero attached hydrogens (tertiary/aromatic N) is 2. The van der Waals surface area contributed by atoms with Gasteiger partial charge in [-0.2, -0.15) is 0 Å². The molecule has 1 aromatic heterocycles. The predicted octanol–water partition coefficient (Wildman–Crippen LogP) is 3.68. The second-order valence-corrected chi connectivity index (χ2v) is 5.16. The van der Waals surface area contributed by atoms with E-state index >= 15 is 0 Å². The van der Waals surface area contributed by atoms with Crippen molar-refractivity contribution in [2.45, 2.75) is 58.4 Å². The van der Waals surface area contributed by atoms with Crippen molar-refractivity contribution in [1.29, 1.82) is 0 Å². The van der Waals surface area contributed by atoms with Gasteiger partial charge in [0.2, 0.25) is 5.95 Å². The molecule has 0 bridgehead atoms. The van der Waals surface area contributed by atoms with Crippen molar-refractivity contribution in [3.05, 3.63) is 12.4 Å². The van der Waals surface area contributed by atoms with Crippen molar-refractivity contribution in [3.63, 3.8) is 0 Å². The van der Waals surface area contributed by atoms with Gasteiger partial charge in [-0.3, -0.25) is 0 Å². The topological polar surface area (TPSA) is 29.9 Å². The van der Waals surface area contributed by atoms with Crippen LogP contribution in [0.4, 0.5) is 5.95 Å². The first-order valence-corrected chi connectivity index (χ1v) is 7.15. The molecule has 3 heteroatoms. The first-order valence-electron chi connectivity index (χ1n) is 7.15. The van der Waals surface area contributed by atoms with E-state index in [2.05, 4.69) is 28.0 Å². The third kappa shape index (κ3) is 3.76. The number of aromatic nitrogens is 2. The number of rotatable bonds is 7. The lowest BCUT2D eigenvalue weighted by Gasteiger charge is -2.12. The average molecular weight is 235 g/mol. The zero-order chi connectivity index (χ0) is 11.9. The summed E-state index contributed by atoms with van der Waals surface area (Å²) in [6.07, 6.45) is 13.5. The summed E-state index contributed by atoms with van der Waals surface area (Å²) in [5.74, 6) is 2.01. The summed E-state index contributed by atoms with van der Waals surface area (Å²) in [5, 5.41) is 3.42. The lowest BCUT2D eigenvalue weighted by Crippen LogP contribution is -2.10. The van der Waals surface area contributed by atoms with E-state index in [0.717, 1.165) is 25.0 Å². The fourth-order valence-corrected chi connectivity index (χ4v) is 2.65. The molecule has 0 unspecified atom stereocenters. The molecule has 0 saturated heterocycles. The maximum Gasteiger partial charge on any atom is 0.202 e. The average Bonchev–Trinajstić information content (AvgIpc) is 2.97. The predicted molar refractivity (Wildman–Crippen MR) is 72.2 cm³/mol. The Morgan fingerprint density at radius 3 is 3.00 bits per heavy atom. The van der Waals surface area contributed by atoms with Crippen LogP contribution in [0.1, 0.15) is 51.9 Å². The molecule has 1 aromatic rings. The van der Waals surface area contributed by atoms with Crippen molar-refractivity contribution in [2.75, 3.05) is 11.9 Å². The summed E-state index contributed by atoms with van der Waals surface area (Å²) in [6, 6.07) is 0. The zero-order valence-electron chi connectivity index (χ0n) is 11.0. The van der Waals surface area contributed by atoms with Gasteiger partial charge in [0.25, 0.3) is 0 Å². The lowest BCUT2D eigenvalue weighted by atomic mass is 10.0. The van der Waals surface area contributed by atoms with Gasteiger partial charge >= 0.3 is 0 Å². The number of hydrogen-bond donors (Lipinski definition) is 1. The monoisotopic (exact) mass is 235 g/mol. The molecule has 0 aliphatic heterocycles. The molecule has 3 nitrogen and oxygen atoms in total. The van der Waals surface area contributed by atoms with Crippen LogP contribution >= 0.6 is 0 Å². The number of unbranched alkanes of at least 4 members (excludes halogenated alkanes) is 1. The molecule has 96 valence electrons. The summed E-state index contributed by atoms with van der Waals surface area (Å²) < 4.78 is 2.27. The highest BCUT2D eigenvalue weighted by molar-refractivity contribution is 5.25. The normalized spacial score (nSPS) is 16.5. The Bertz CT molecular complexity index is 313. The number of imidazole rings is 1. The molecule has 1 aliphatic carbocycles. The van der Waals surface area contributed by atoms with Crippen LogP contribution in [0.15, 0.2) is 12.4 Å². The summed E-state index contributed by atoms with van der Waals surface area (Å²) in [7, 11) is 0. The maximum atomic E-state index is 4.39. The van der Waals surface area contributed by atoms with Gasteiger partial charge < -0.3 is 9.88 Å². The van der Waals surface area contributed by atoms with Crippen LogP contribution in [0.5, 0.6) is 0 Å². The van der Waals surface area contributed by atoms with Gasteiger partial charge in [0.05, 0.1) is 0 Å². The first kappa shape index (κ1) is 12.5. The minimum absolute atomic E-state index is 0.959. The molecular weight excluding hydrogens is 210 g/mol. The van der Waals surface area contributed by atoms with Crippen molar-refractivity contribution < 1.29 is 0 Å². The van der Waals surface area contributed by atoms with Crippen molar-refractivity contribution in [1.82, 2.24) is 9.55 Å². The van der Waals surface area contributed by atoms with E-state index in [9.17, 15) is 0 Å². The van der Waals surface area contributed by atoms with E-state index in [1.807, 2.05) is 6.20 Å².